The molecule has 7 heteroatoms. The van der Waals surface area contributed by atoms with Crippen LogP contribution in [0.2, 0.25) is 0 Å². The molecule has 1 atom stereocenters. The minimum atomic E-state index is -1.29. The van der Waals surface area contributed by atoms with E-state index in [0.29, 0.717) is 12.5 Å². The summed E-state index contributed by atoms with van der Waals surface area (Å²) in [5.74, 6) is -1.03. The summed E-state index contributed by atoms with van der Waals surface area (Å²) in [7, 11) is 0. The summed E-state index contributed by atoms with van der Waals surface area (Å²) in [4.78, 5) is 24.9. The van der Waals surface area contributed by atoms with Gasteiger partial charge in [-0.2, -0.15) is 0 Å². The maximum atomic E-state index is 11.1. The fourth-order valence-corrected chi connectivity index (χ4v) is 1.90. The summed E-state index contributed by atoms with van der Waals surface area (Å²) in [6, 6.07) is 0.970. The predicted molar refractivity (Wildman–Crippen MR) is 76.7 cm³/mol. The zero-order valence-electron chi connectivity index (χ0n) is 12.2. The van der Waals surface area contributed by atoms with Crippen LogP contribution in [0.4, 0.5) is 5.69 Å². The lowest BCUT2D eigenvalue weighted by molar-refractivity contribution is -0.385. The minimum absolute atomic E-state index is 0.0666. The Bertz CT molecular complexity index is 504. The highest BCUT2D eigenvalue weighted by Crippen LogP contribution is 2.22. The van der Waals surface area contributed by atoms with E-state index in [4.69, 9.17) is 9.84 Å². The topological polar surface area (TPSA) is 103 Å². The SMILES string of the molecule is CCCCC(CC)COc1ncc([N+](=O)[O-])cc1C(=O)O. The van der Waals surface area contributed by atoms with E-state index in [1.165, 1.54) is 0 Å². The number of ether oxygens (including phenoxy) is 1. The zero-order chi connectivity index (χ0) is 15.8. The monoisotopic (exact) mass is 296 g/mol. The number of carboxylic acids is 1. The third-order valence-electron chi connectivity index (χ3n) is 3.28. The van der Waals surface area contributed by atoms with Gasteiger partial charge in [-0.25, -0.2) is 9.78 Å². The Morgan fingerprint density at radius 1 is 1.52 bits per heavy atom. The highest BCUT2D eigenvalue weighted by atomic mass is 16.6. The molecule has 0 aliphatic carbocycles. The Labute approximate surface area is 123 Å². The van der Waals surface area contributed by atoms with Gasteiger partial charge in [0.05, 0.1) is 11.5 Å². The van der Waals surface area contributed by atoms with Gasteiger partial charge in [0.25, 0.3) is 5.69 Å². The second kappa shape index (κ2) is 8.18. The molecule has 0 bridgehead atoms. The van der Waals surface area contributed by atoms with Gasteiger partial charge in [0.15, 0.2) is 0 Å². The van der Waals surface area contributed by atoms with Gasteiger partial charge in [0.2, 0.25) is 5.88 Å². The van der Waals surface area contributed by atoms with Crippen LogP contribution in [0.3, 0.4) is 0 Å². The summed E-state index contributed by atoms with van der Waals surface area (Å²) in [6.45, 7) is 4.51. The average Bonchev–Trinajstić information content (AvgIpc) is 2.47. The van der Waals surface area contributed by atoms with Crippen molar-refractivity contribution in [2.45, 2.75) is 39.5 Å². The molecule has 0 aromatic carbocycles. The standard InChI is InChI=1S/C14H20N2O5/c1-3-5-6-10(4-2)9-21-13-12(14(17)18)7-11(8-15-13)16(19)20/h7-8,10H,3-6,9H2,1-2H3,(H,17,18). The molecule has 1 N–H and O–H groups in total. The Morgan fingerprint density at radius 2 is 2.24 bits per heavy atom. The number of hydrogen-bond donors (Lipinski definition) is 1. The fourth-order valence-electron chi connectivity index (χ4n) is 1.90. The first kappa shape index (κ1) is 16.9. The van der Waals surface area contributed by atoms with Crippen LogP contribution in [0, 0.1) is 16.0 Å². The lowest BCUT2D eigenvalue weighted by atomic mass is 10.0. The Morgan fingerprint density at radius 3 is 2.76 bits per heavy atom. The molecule has 0 spiro atoms. The van der Waals surface area contributed by atoms with Gasteiger partial charge < -0.3 is 9.84 Å². The van der Waals surface area contributed by atoms with Crippen molar-refractivity contribution in [2.75, 3.05) is 6.61 Å². The molecule has 0 saturated heterocycles. The van der Waals surface area contributed by atoms with Gasteiger partial charge >= 0.3 is 5.97 Å². The number of unbranched alkanes of at least 4 members (excludes halogenated alkanes) is 1. The summed E-state index contributed by atoms with van der Waals surface area (Å²) in [5, 5.41) is 19.7. The van der Waals surface area contributed by atoms with Crippen LogP contribution in [0.5, 0.6) is 5.88 Å². The molecule has 7 nitrogen and oxygen atoms in total. The summed E-state index contributed by atoms with van der Waals surface area (Å²) in [5.41, 5.74) is -0.646. The number of carboxylic acid groups (broad SMARTS) is 1. The lowest BCUT2D eigenvalue weighted by Gasteiger charge is -2.15. The molecule has 0 fully saturated rings. The lowest BCUT2D eigenvalue weighted by Crippen LogP contribution is -2.14. The normalized spacial score (nSPS) is 11.9. The Kier molecular flexibility index (Phi) is 6.58. The van der Waals surface area contributed by atoms with Crippen LogP contribution in [-0.2, 0) is 0 Å². The molecule has 1 unspecified atom stereocenters. The van der Waals surface area contributed by atoms with Crippen molar-refractivity contribution >= 4 is 11.7 Å². The van der Waals surface area contributed by atoms with E-state index in [2.05, 4.69) is 11.9 Å². The Hall–Kier alpha value is -2.18. The number of nitrogens with zero attached hydrogens (tertiary/aromatic N) is 2. The summed E-state index contributed by atoms with van der Waals surface area (Å²) < 4.78 is 5.47. The van der Waals surface area contributed by atoms with Crippen LogP contribution in [0.15, 0.2) is 12.3 Å². The van der Waals surface area contributed by atoms with E-state index in [0.717, 1.165) is 37.9 Å². The number of aromatic carboxylic acids is 1. The van der Waals surface area contributed by atoms with Crippen molar-refractivity contribution in [3.63, 3.8) is 0 Å². The molecule has 116 valence electrons. The Balaban J connectivity index is 2.82. The molecule has 0 saturated carbocycles. The number of nitro groups is 1. The van der Waals surface area contributed by atoms with Crippen molar-refractivity contribution in [3.05, 3.63) is 27.9 Å². The second-order valence-corrected chi connectivity index (χ2v) is 4.84. The largest absolute Gasteiger partial charge is 0.477 e. The van der Waals surface area contributed by atoms with E-state index >= 15 is 0 Å². The van der Waals surface area contributed by atoms with Crippen LogP contribution < -0.4 is 4.74 Å². The second-order valence-electron chi connectivity index (χ2n) is 4.84. The van der Waals surface area contributed by atoms with Crippen molar-refractivity contribution < 1.29 is 19.6 Å². The van der Waals surface area contributed by atoms with E-state index in [1.54, 1.807) is 0 Å². The molecule has 1 heterocycles. The predicted octanol–water partition coefficient (Wildman–Crippen LogP) is 3.28. The van der Waals surface area contributed by atoms with E-state index in [-0.39, 0.29) is 17.1 Å². The van der Waals surface area contributed by atoms with Crippen molar-refractivity contribution in [1.82, 2.24) is 4.98 Å². The van der Waals surface area contributed by atoms with Crippen molar-refractivity contribution in [3.8, 4) is 5.88 Å². The molecule has 1 aromatic heterocycles. The first-order valence-electron chi connectivity index (χ1n) is 7.00. The van der Waals surface area contributed by atoms with E-state index < -0.39 is 10.9 Å². The number of aromatic nitrogens is 1. The number of hydrogen-bond acceptors (Lipinski definition) is 5. The molecule has 0 amide bonds. The summed E-state index contributed by atoms with van der Waals surface area (Å²) in [6.07, 6.45) is 5.11. The van der Waals surface area contributed by atoms with Gasteiger partial charge in [0.1, 0.15) is 11.8 Å². The third-order valence-corrected chi connectivity index (χ3v) is 3.28. The number of carbonyl (C=O) groups is 1. The number of pyridine rings is 1. The molecule has 21 heavy (non-hydrogen) atoms. The number of rotatable bonds is 9. The molecule has 0 aliphatic rings. The smallest absolute Gasteiger partial charge is 0.341 e. The maximum Gasteiger partial charge on any atom is 0.341 e. The molecule has 1 aromatic rings. The molecular formula is C14H20N2O5. The van der Waals surface area contributed by atoms with Gasteiger partial charge in [-0.1, -0.05) is 33.1 Å². The first-order valence-corrected chi connectivity index (χ1v) is 7.00. The van der Waals surface area contributed by atoms with Crippen LogP contribution in [-0.4, -0.2) is 27.6 Å². The third kappa shape index (κ3) is 5.02. The summed E-state index contributed by atoms with van der Waals surface area (Å²) >= 11 is 0. The fraction of sp³-hybridized carbons (Fsp3) is 0.571. The first-order chi connectivity index (χ1) is 9.99. The van der Waals surface area contributed by atoms with Gasteiger partial charge in [-0.3, -0.25) is 10.1 Å². The van der Waals surface area contributed by atoms with E-state index in [1.807, 2.05) is 6.92 Å². The molecule has 0 radical (unpaired) electrons. The zero-order valence-corrected chi connectivity index (χ0v) is 12.2. The minimum Gasteiger partial charge on any atom is -0.477 e. The van der Waals surface area contributed by atoms with E-state index in [9.17, 15) is 14.9 Å². The van der Waals surface area contributed by atoms with Gasteiger partial charge in [-0.15, -0.1) is 0 Å². The maximum absolute atomic E-state index is 11.1. The highest BCUT2D eigenvalue weighted by molar-refractivity contribution is 5.90. The van der Waals surface area contributed by atoms with Gasteiger partial charge in [-0.05, 0) is 12.3 Å². The molecular weight excluding hydrogens is 276 g/mol. The highest BCUT2D eigenvalue weighted by Gasteiger charge is 2.19. The van der Waals surface area contributed by atoms with Crippen LogP contribution in [0.25, 0.3) is 0 Å². The molecule has 0 aliphatic heterocycles. The quantitative estimate of drug-likeness (QED) is 0.554. The van der Waals surface area contributed by atoms with Gasteiger partial charge in [0, 0.05) is 6.07 Å². The molecule has 1 rings (SSSR count). The average molecular weight is 296 g/mol. The van der Waals surface area contributed by atoms with Crippen molar-refractivity contribution in [1.29, 1.82) is 0 Å². The van der Waals surface area contributed by atoms with Crippen LogP contribution in [0.1, 0.15) is 49.9 Å². The van der Waals surface area contributed by atoms with Crippen LogP contribution >= 0.6 is 0 Å². The van der Waals surface area contributed by atoms with Crippen molar-refractivity contribution in [2.24, 2.45) is 5.92 Å².